The SMILES string of the molecule is C/C1=C\CC/C(C)=C/[C@@H](O)C(C(C)C)CC/C(C)=C/CC1. The highest BCUT2D eigenvalue weighted by Crippen LogP contribution is 2.26. The van der Waals surface area contributed by atoms with Crippen molar-refractivity contribution >= 4 is 0 Å². The summed E-state index contributed by atoms with van der Waals surface area (Å²) >= 11 is 0. The zero-order valence-corrected chi connectivity index (χ0v) is 14.7. The van der Waals surface area contributed by atoms with Gasteiger partial charge in [0.15, 0.2) is 0 Å². The Labute approximate surface area is 131 Å². The average molecular weight is 290 g/mol. The molecule has 0 fully saturated rings. The van der Waals surface area contributed by atoms with Crippen molar-refractivity contribution in [3.05, 3.63) is 34.9 Å². The summed E-state index contributed by atoms with van der Waals surface area (Å²) in [6, 6.07) is 0. The van der Waals surface area contributed by atoms with Crippen molar-refractivity contribution in [2.45, 2.75) is 79.2 Å². The molecule has 1 rings (SSSR count). The Morgan fingerprint density at radius 3 is 2.00 bits per heavy atom. The number of hydrogen-bond donors (Lipinski definition) is 1. The van der Waals surface area contributed by atoms with Crippen molar-refractivity contribution in [1.29, 1.82) is 0 Å². The Morgan fingerprint density at radius 1 is 0.905 bits per heavy atom. The van der Waals surface area contributed by atoms with Gasteiger partial charge in [-0.2, -0.15) is 0 Å². The highest BCUT2D eigenvalue weighted by atomic mass is 16.3. The molecule has 1 aliphatic rings. The number of aliphatic hydroxyl groups excluding tert-OH is 1. The van der Waals surface area contributed by atoms with Crippen molar-refractivity contribution in [1.82, 2.24) is 0 Å². The molecule has 0 aliphatic heterocycles. The molecule has 1 unspecified atom stereocenters. The fraction of sp³-hybridized carbons (Fsp3) is 0.700. The summed E-state index contributed by atoms with van der Waals surface area (Å²) in [5.41, 5.74) is 4.28. The first kappa shape index (κ1) is 18.2. The predicted octanol–water partition coefficient (Wildman–Crippen LogP) is 5.81. The van der Waals surface area contributed by atoms with Gasteiger partial charge < -0.3 is 5.11 Å². The van der Waals surface area contributed by atoms with Crippen LogP contribution in [0.1, 0.15) is 73.1 Å². The summed E-state index contributed by atoms with van der Waals surface area (Å²) in [4.78, 5) is 0. The smallest absolute Gasteiger partial charge is 0.0754 e. The monoisotopic (exact) mass is 290 g/mol. The number of allylic oxidation sites excluding steroid dienone is 5. The van der Waals surface area contributed by atoms with Crippen molar-refractivity contribution in [2.75, 3.05) is 0 Å². The van der Waals surface area contributed by atoms with E-state index in [1.807, 2.05) is 0 Å². The molecule has 120 valence electrons. The van der Waals surface area contributed by atoms with Crippen molar-refractivity contribution in [3.8, 4) is 0 Å². The van der Waals surface area contributed by atoms with Gasteiger partial charge in [-0.1, -0.05) is 48.8 Å². The molecule has 0 aromatic rings. The minimum atomic E-state index is -0.300. The maximum Gasteiger partial charge on any atom is 0.0754 e. The molecule has 21 heavy (non-hydrogen) atoms. The lowest BCUT2D eigenvalue weighted by Crippen LogP contribution is -2.24. The molecule has 1 aliphatic carbocycles. The van der Waals surface area contributed by atoms with Gasteiger partial charge >= 0.3 is 0 Å². The fourth-order valence-electron chi connectivity index (χ4n) is 3.09. The summed E-state index contributed by atoms with van der Waals surface area (Å²) in [7, 11) is 0. The first-order chi connectivity index (χ1) is 9.90. The van der Waals surface area contributed by atoms with Gasteiger partial charge in [0.2, 0.25) is 0 Å². The third-order valence-electron chi connectivity index (χ3n) is 4.69. The predicted molar refractivity (Wildman–Crippen MR) is 93.3 cm³/mol. The van der Waals surface area contributed by atoms with Gasteiger partial charge in [-0.3, -0.25) is 0 Å². The first-order valence-electron chi connectivity index (χ1n) is 8.56. The second-order valence-corrected chi connectivity index (χ2v) is 7.13. The van der Waals surface area contributed by atoms with E-state index in [9.17, 15) is 5.11 Å². The van der Waals surface area contributed by atoms with Crippen LogP contribution < -0.4 is 0 Å². The molecule has 2 atom stereocenters. The van der Waals surface area contributed by atoms with Gasteiger partial charge in [-0.05, 0) is 71.1 Å². The third-order valence-corrected chi connectivity index (χ3v) is 4.69. The van der Waals surface area contributed by atoms with E-state index >= 15 is 0 Å². The molecule has 0 aromatic heterocycles. The molecule has 0 spiro atoms. The van der Waals surface area contributed by atoms with Crippen LogP contribution in [0.2, 0.25) is 0 Å². The molecule has 0 aromatic carbocycles. The van der Waals surface area contributed by atoms with Crippen LogP contribution in [-0.2, 0) is 0 Å². The molecular weight excluding hydrogens is 256 g/mol. The standard InChI is InChI=1S/C20H34O/c1-15(2)19-13-12-17(4)10-6-8-16(3)9-7-11-18(5)14-20(19)21/h9-10,14-15,19-21H,6-8,11-13H2,1-5H3/b16-9+,17-10+,18-14+/t19?,20-/m1/s1. The van der Waals surface area contributed by atoms with Crippen molar-refractivity contribution in [3.63, 3.8) is 0 Å². The number of rotatable bonds is 1. The van der Waals surface area contributed by atoms with Crippen molar-refractivity contribution in [2.24, 2.45) is 11.8 Å². The molecule has 0 bridgehead atoms. The van der Waals surface area contributed by atoms with E-state index < -0.39 is 0 Å². The highest BCUT2D eigenvalue weighted by Gasteiger charge is 2.20. The van der Waals surface area contributed by atoms with Gasteiger partial charge in [0.05, 0.1) is 6.10 Å². The minimum Gasteiger partial charge on any atom is -0.389 e. The van der Waals surface area contributed by atoms with Gasteiger partial charge in [-0.25, -0.2) is 0 Å². The lowest BCUT2D eigenvalue weighted by molar-refractivity contribution is 0.115. The van der Waals surface area contributed by atoms with Crippen LogP contribution in [0.15, 0.2) is 34.9 Å². The van der Waals surface area contributed by atoms with Gasteiger partial charge in [0.1, 0.15) is 0 Å². The molecule has 1 nitrogen and oxygen atoms in total. The summed E-state index contributed by atoms with van der Waals surface area (Å²) < 4.78 is 0. The normalized spacial score (nSPS) is 34.1. The van der Waals surface area contributed by atoms with E-state index in [0.29, 0.717) is 11.8 Å². The Hall–Kier alpha value is -0.820. The van der Waals surface area contributed by atoms with Crippen LogP contribution in [0.3, 0.4) is 0 Å². The molecule has 0 amide bonds. The number of hydrogen-bond acceptors (Lipinski definition) is 1. The first-order valence-corrected chi connectivity index (χ1v) is 8.56. The number of aliphatic hydroxyl groups is 1. The van der Waals surface area contributed by atoms with Crippen LogP contribution in [0.5, 0.6) is 0 Å². The van der Waals surface area contributed by atoms with Crippen LogP contribution in [0, 0.1) is 11.8 Å². The zero-order chi connectivity index (χ0) is 15.8. The summed E-state index contributed by atoms with van der Waals surface area (Å²) in [6.07, 6.45) is 13.2. The van der Waals surface area contributed by atoms with Crippen LogP contribution in [0.25, 0.3) is 0 Å². The van der Waals surface area contributed by atoms with E-state index in [0.717, 1.165) is 32.1 Å². The van der Waals surface area contributed by atoms with Crippen LogP contribution >= 0.6 is 0 Å². The van der Waals surface area contributed by atoms with E-state index in [1.54, 1.807) is 0 Å². The second-order valence-electron chi connectivity index (χ2n) is 7.13. The summed E-state index contributed by atoms with van der Waals surface area (Å²) in [5.74, 6) is 0.885. The Balaban J connectivity index is 2.88. The largest absolute Gasteiger partial charge is 0.389 e. The fourth-order valence-corrected chi connectivity index (χ4v) is 3.09. The molecule has 1 N–H and O–H groups in total. The molecule has 1 heteroatoms. The Bertz CT molecular complexity index is 398. The van der Waals surface area contributed by atoms with Gasteiger partial charge in [0, 0.05) is 0 Å². The zero-order valence-electron chi connectivity index (χ0n) is 14.7. The molecule has 0 heterocycles. The molecule has 0 radical (unpaired) electrons. The summed E-state index contributed by atoms with van der Waals surface area (Å²) in [5, 5.41) is 10.5. The lowest BCUT2D eigenvalue weighted by atomic mass is 9.84. The molecule has 0 saturated carbocycles. The van der Waals surface area contributed by atoms with Crippen LogP contribution in [0.4, 0.5) is 0 Å². The maximum absolute atomic E-state index is 10.5. The highest BCUT2D eigenvalue weighted by molar-refractivity contribution is 5.09. The van der Waals surface area contributed by atoms with Gasteiger partial charge in [0.25, 0.3) is 0 Å². The average Bonchev–Trinajstić information content (AvgIpc) is 2.37. The molecular formula is C20H34O. The van der Waals surface area contributed by atoms with Crippen molar-refractivity contribution < 1.29 is 5.11 Å². The maximum atomic E-state index is 10.5. The van der Waals surface area contributed by atoms with E-state index in [-0.39, 0.29) is 6.10 Å². The molecule has 0 saturated heterocycles. The second kappa shape index (κ2) is 9.25. The van der Waals surface area contributed by atoms with E-state index in [4.69, 9.17) is 0 Å². The topological polar surface area (TPSA) is 20.2 Å². The lowest BCUT2D eigenvalue weighted by Gasteiger charge is -2.25. The Kier molecular flexibility index (Phi) is 8.03. The van der Waals surface area contributed by atoms with E-state index in [1.165, 1.54) is 23.1 Å². The van der Waals surface area contributed by atoms with Crippen LogP contribution in [-0.4, -0.2) is 11.2 Å². The van der Waals surface area contributed by atoms with Gasteiger partial charge in [-0.15, -0.1) is 0 Å². The minimum absolute atomic E-state index is 0.300. The third kappa shape index (κ3) is 7.13. The summed E-state index contributed by atoms with van der Waals surface area (Å²) in [6.45, 7) is 11.1. The quantitative estimate of drug-likeness (QED) is 0.604. The Morgan fingerprint density at radius 2 is 1.43 bits per heavy atom. The van der Waals surface area contributed by atoms with E-state index in [2.05, 4.69) is 52.8 Å².